The van der Waals surface area contributed by atoms with Crippen molar-refractivity contribution in [1.82, 2.24) is 4.98 Å². The molecule has 0 N–H and O–H groups in total. The summed E-state index contributed by atoms with van der Waals surface area (Å²) in [7, 11) is 1.40. The fourth-order valence-electron chi connectivity index (χ4n) is 2.86. The molecule has 0 spiro atoms. The number of aryl methyl sites for hydroxylation is 1. The van der Waals surface area contributed by atoms with Crippen molar-refractivity contribution in [3.05, 3.63) is 81.3 Å². The van der Waals surface area contributed by atoms with Gasteiger partial charge in [-0.3, -0.25) is 9.78 Å². The molecule has 0 aliphatic heterocycles. The Labute approximate surface area is 178 Å². The van der Waals surface area contributed by atoms with E-state index in [-0.39, 0.29) is 27.6 Å². The number of pyridine rings is 1. The van der Waals surface area contributed by atoms with Gasteiger partial charge >= 0.3 is 0 Å². The molecule has 7 heteroatoms. The number of ketones is 1. The quantitative estimate of drug-likeness (QED) is 0.398. The predicted octanol–water partition coefficient (Wildman–Crippen LogP) is 6.51. The van der Waals surface area contributed by atoms with Crippen LogP contribution in [0.1, 0.15) is 35.0 Å². The van der Waals surface area contributed by atoms with E-state index in [9.17, 15) is 9.18 Å². The molecule has 0 aliphatic rings. The van der Waals surface area contributed by atoms with Crippen LogP contribution in [0.25, 0.3) is 0 Å². The SMILES string of the molecule is CCCc1nccc(Oc2ccc(Cl)cc2)c1C(=O)c1cc(OC)c(Cl)cc1F. The number of ether oxygens (including phenoxy) is 2. The molecule has 0 aliphatic carbocycles. The number of benzene rings is 2. The van der Waals surface area contributed by atoms with E-state index in [0.717, 1.165) is 12.5 Å². The molecule has 2 aromatic carbocycles. The number of hydrogen-bond acceptors (Lipinski definition) is 4. The second kappa shape index (κ2) is 9.25. The summed E-state index contributed by atoms with van der Waals surface area (Å²) >= 11 is 11.9. The second-order valence-corrected chi connectivity index (χ2v) is 7.08. The number of carbonyl (C=O) groups is 1. The molecular formula is C22H18Cl2FNO3. The number of methoxy groups -OCH3 is 1. The monoisotopic (exact) mass is 433 g/mol. The van der Waals surface area contributed by atoms with E-state index >= 15 is 0 Å². The van der Waals surface area contributed by atoms with Crippen LogP contribution in [-0.4, -0.2) is 17.9 Å². The summed E-state index contributed by atoms with van der Waals surface area (Å²) in [5.74, 6) is -0.324. The van der Waals surface area contributed by atoms with E-state index in [1.54, 1.807) is 36.5 Å². The van der Waals surface area contributed by atoms with Crippen LogP contribution in [0.4, 0.5) is 4.39 Å². The molecule has 0 unspecified atom stereocenters. The third-order valence-electron chi connectivity index (χ3n) is 4.23. The first kappa shape index (κ1) is 21.1. The van der Waals surface area contributed by atoms with E-state index < -0.39 is 11.6 Å². The number of aromatic nitrogens is 1. The highest BCUT2D eigenvalue weighted by molar-refractivity contribution is 6.32. The highest BCUT2D eigenvalue weighted by Gasteiger charge is 2.24. The van der Waals surface area contributed by atoms with Crippen molar-refractivity contribution >= 4 is 29.0 Å². The van der Waals surface area contributed by atoms with Crippen molar-refractivity contribution in [2.75, 3.05) is 7.11 Å². The maximum atomic E-state index is 14.6. The van der Waals surface area contributed by atoms with Crippen molar-refractivity contribution in [1.29, 1.82) is 0 Å². The lowest BCUT2D eigenvalue weighted by Crippen LogP contribution is -2.11. The van der Waals surface area contributed by atoms with Gasteiger partial charge in [0.2, 0.25) is 5.78 Å². The van der Waals surface area contributed by atoms with Gasteiger partial charge in [0.15, 0.2) is 0 Å². The number of nitrogens with zero attached hydrogens (tertiary/aromatic N) is 1. The molecule has 3 aromatic rings. The average Bonchev–Trinajstić information content (AvgIpc) is 2.70. The molecule has 0 fully saturated rings. The zero-order valence-electron chi connectivity index (χ0n) is 15.8. The van der Waals surface area contributed by atoms with Crippen molar-refractivity contribution in [2.45, 2.75) is 19.8 Å². The fraction of sp³-hybridized carbons (Fsp3) is 0.182. The summed E-state index contributed by atoms with van der Waals surface area (Å²) < 4.78 is 25.6. The minimum absolute atomic E-state index is 0.0826. The standard InChI is InChI=1S/C22H18Cl2FNO3/c1-3-4-18-21(22(27)15-11-20(28-2)16(24)12-17(15)25)19(9-10-26-18)29-14-7-5-13(23)6-8-14/h5-12H,3-4H2,1-2H3. The van der Waals surface area contributed by atoms with E-state index in [4.69, 9.17) is 32.7 Å². The maximum absolute atomic E-state index is 14.6. The van der Waals surface area contributed by atoms with Crippen molar-refractivity contribution < 1.29 is 18.7 Å². The first-order valence-corrected chi connectivity index (χ1v) is 9.69. The van der Waals surface area contributed by atoms with E-state index in [1.807, 2.05) is 6.92 Å². The molecule has 0 atom stereocenters. The van der Waals surface area contributed by atoms with Gasteiger partial charge in [-0.25, -0.2) is 4.39 Å². The summed E-state index contributed by atoms with van der Waals surface area (Å²) in [6, 6.07) is 10.6. The van der Waals surface area contributed by atoms with Gasteiger partial charge in [0, 0.05) is 11.2 Å². The van der Waals surface area contributed by atoms with Crippen LogP contribution in [0.3, 0.4) is 0 Å². The van der Waals surface area contributed by atoms with Crippen molar-refractivity contribution in [3.8, 4) is 17.2 Å². The van der Waals surface area contributed by atoms with Gasteiger partial charge in [0.05, 0.1) is 29.0 Å². The molecule has 150 valence electrons. The highest BCUT2D eigenvalue weighted by Crippen LogP contribution is 2.33. The fourth-order valence-corrected chi connectivity index (χ4v) is 3.22. The van der Waals surface area contributed by atoms with Gasteiger partial charge in [-0.2, -0.15) is 0 Å². The maximum Gasteiger partial charge on any atom is 0.201 e. The summed E-state index contributed by atoms with van der Waals surface area (Å²) in [5, 5.41) is 0.643. The molecular weight excluding hydrogens is 416 g/mol. The molecule has 3 rings (SSSR count). The third-order valence-corrected chi connectivity index (χ3v) is 4.78. The van der Waals surface area contributed by atoms with E-state index in [2.05, 4.69) is 4.98 Å². The smallest absolute Gasteiger partial charge is 0.201 e. The zero-order valence-corrected chi connectivity index (χ0v) is 17.4. The largest absolute Gasteiger partial charge is 0.495 e. The summed E-state index contributed by atoms with van der Waals surface area (Å²) in [4.78, 5) is 17.6. The van der Waals surface area contributed by atoms with Crippen LogP contribution in [0, 0.1) is 5.82 Å². The number of rotatable bonds is 7. The zero-order chi connectivity index (χ0) is 21.0. The predicted molar refractivity (Wildman–Crippen MR) is 111 cm³/mol. The molecule has 0 saturated heterocycles. The van der Waals surface area contributed by atoms with Crippen molar-refractivity contribution in [2.24, 2.45) is 0 Å². The summed E-state index contributed by atoms with van der Waals surface area (Å²) in [6.45, 7) is 1.97. The Morgan fingerprint density at radius 2 is 1.83 bits per heavy atom. The topological polar surface area (TPSA) is 48.4 Å². The number of halogens is 3. The van der Waals surface area contributed by atoms with Gasteiger partial charge in [0.25, 0.3) is 0 Å². The molecule has 0 amide bonds. The Hall–Kier alpha value is -2.63. The Balaban J connectivity index is 2.11. The normalized spacial score (nSPS) is 10.7. The van der Waals surface area contributed by atoms with Gasteiger partial charge in [-0.1, -0.05) is 36.5 Å². The Bertz CT molecular complexity index is 1040. The van der Waals surface area contributed by atoms with Crippen molar-refractivity contribution in [3.63, 3.8) is 0 Å². The molecule has 1 heterocycles. The molecule has 0 saturated carbocycles. The van der Waals surface area contributed by atoms with E-state index in [0.29, 0.717) is 22.9 Å². The van der Waals surface area contributed by atoms with Crippen LogP contribution >= 0.6 is 23.2 Å². The van der Waals surface area contributed by atoms with Gasteiger partial charge < -0.3 is 9.47 Å². The third kappa shape index (κ3) is 4.69. The number of hydrogen-bond donors (Lipinski definition) is 0. The first-order valence-electron chi connectivity index (χ1n) is 8.93. The highest BCUT2D eigenvalue weighted by atomic mass is 35.5. The molecule has 1 aromatic heterocycles. The van der Waals surface area contributed by atoms with E-state index in [1.165, 1.54) is 13.2 Å². The summed E-state index contributed by atoms with van der Waals surface area (Å²) in [5.41, 5.74) is 0.558. The van der Waals surface area contributed by atoms with Crippen LogP contribution in [0.15, 0.2) is 48.7 Å². The molecule has 4 nitrogen and oxygen atoms in total. The van der Waals surface area contributed by atoms with Crippen LogP contribution in [-0.2, 0) is 6.42 Å². The lowest BCUT2D eigenvalue weighted by atomic mass is 9.98. The van der Waals surface area contributed by atoms with Crippen LogP contribution < -0.4 is 9.47 Å². The Morgan fingerprint density at radius 1 is 1.10 bits per heavy atom. The summed E-state index contributed by atoms with van der Waals surface area (Å²) in [6.07, 6.45) is 2.85. The Kier molecular flexibility index (Phi) is 6.72. The first-order chi connectivity index (χ1) is 13.9. The molecule has 0 radical (unpaired) electrons. The van der Waals surface area contributed by atoms with Crippen LogP contribution in [0.5, 0.6) is 17.2 Å². The number of carbonyl (C=O) groups excluding carboxylic acids is 1. The van der Waals surface area contributed by atoms with Gasteiger partial charge in [0.1, 0.15) is 23.1 Å². The molecule has 29 heavy (non-hydrogen) atoms. The average molecular weight is 434 g/mol. The van der Waals surface area contributed by atoms with Gasteiger partial charge in [-0.15, -0.1) is 0 Å². The lowest BCUT2D eigenvalue weighted by molar-refractivity contribution is 0.103. The molecule has 0 bridgehead atoms. The van der Waals surface area contributed by atoms with Gasteiger partial charge in [-0.05, 0) is 48.9 Å². The minimum atomic E-state index is -0.746. The second-order valence-electron chi connectivity index (χ2n) is 6.23. The lowest BCUT2D eigenvalue weighted by Gasteiger charge is -2.15. The van der Waals surface area contributed by atoms with Crippen LogP contribution in [0.2, 0.25) is 10.0 Å². The minimum Gasteiger partial charge on any atom is -0.495 e. The Morgan fingerprint density at radius 3 is 2.48 bits per heavy atom.